The summed E-state index contributed by atoms with van der Waals surface area (Å²) in [4.78, 5) is 15.2. The summed E-state index contributed by atoms with van der Waals surface area (Å²) in [5.41, 5.74) is 2.51. The molecule has 0 radical (unpaired) electrons. The van der Waals surface area contributed by atoms with Gasteiger partial charge in [-0.3, -0.25) is 10.3 Å². The first kappa shape index (κ1) is 16.5. The first-order chi connectivity index (χ1) is 11.9. The fraction of sp³-hybridized carbons (Fsp3) is 0.211. The van der Waals surface area contributed by atoms with Crippen molar-refractivity contribution in [3.8, 4) is 17.2 Å². The van der Waals surface area contributed by atoms with Gasteiger partial charge in [-0.1, -0.05) is 30.3 Å². The number of hydrogen-bond donors (Lipinski definition) is 2. The molecule has 6 nitrogen and oxygen atoms in total. The van der Waals surface area contributed by atoms with Crippen LogP contribution >= 0.6 is 0 Å². The maximum absolute atomic E-state index is 12.4. The molecule has 0 aromatic heterocycles. The minimum absolute atomic E-state index is 0.0579. The largest absolute Gasteiger partial charge is 0.329 e. The van der Waals surface area contributed by atoms with Crippen molar-refractivity contribution in [2.75, 3.05) is 14.1 Å². The van der Waals surface area contributed by atoms with Gasteiger partial charge < -0.3 is 10.2 Å². The lowest BCUT2D eigenvalue weighted by atomic mass is 9.94. The first-order valence-electron chi connectivity index (χ1n) is 7.86. The molecule has 1 saturated heterocycles. The van der Waals surface area contributed by atoms with Crippen molar-refractivity contribution in [2.45, 2.75) is 12.6 Å². The predicted octanol–water partition coefficient (Wildman–Crippen LogP) is 2.92. The highest BCUT2D eigenvalue weighted by Gasteiger charge is 2.42. The molecule has 2 amide bonds. The second-order valence-electron chi connectivity index (χ2n) is 6.22. The molecule has 1 aliphatic rings. The average molecular weight is 333 g/mol. The Kier molecular flexibility index (Phi) is 3.93. The number of carbonyl (C=O) groups is 1. The molecule has 2 N–H and O–H groups in total. The molecule has 1 atom stereocenters. The lowest BCUT2D eigenvalue weighted by Crippen LogP contribution is -2.67. The summed E-state index contributed by atoms with van der Waals surface area (Å²) in [6.45, 7) is 1.87. The van der Waals surface area contributed by atoms with Crippen LogP contribution in [0.1, 0.15) is 18.1 Å². The highest BCUT2D eigenvalue weighted by atomic mass is 16.2. The third-order valence-electron chi connectivity index (χ3n) is 4.69. The molecule has 126 valence electrons. The molecule has 25 heavy (non-hydrogen) atoms. The number of guanidine groups is 1. The number of nitrogens with one attached hydrogen (secondary N) is 2. The van der Waals surface area contributed by atoms with E-state index in [1.54, 1.807) is 25.1 Å². The fourth-order valence-electron chi connectivity index (χ4n) is 2.95. The monoisotopic (exact) mass is 333 g/mol. The summed E-state index contributed by atoms with van der Waals surface area (Å²) < 4.78 is 0. The molecule has 0 spiro atoms. The van der Waals surface area contributed by atoms with E-state index < -0.39 is 5.66 Å². The summed E-state index contributed by atoms with van der Waals surface area (Å²) in [7, 11) is 3.28. The van der Waals surface area contributed by atoms with Gasteiger partial charge in [0.2, 0.25) is 5.96 Å². The van der Waals surface area contributed by atoms with Crippen molar-refractivity contribution < 1.29 is 4.79 Å². The van der Waals surface area contributed by atoms with Crippen LogP contribution in [-0.4, -0.2) is 35.9 Å². The van der Waals surface area contributed by atoms with Gasteiger partial charge in [-0.05, 0) is 41.8 Å². The smallest absolute Gasteiger partial charge is 0.328 e. The third kappa shape index (κ3) is 2.70. The zero-order valence-electron chi connectivity index (χ0n) is 14.4. The number of amides is 2. The van der Waals surface area contributed by atoms with Crippen LogP contribution in [0.4, 0.5) is 4.79 Å². The van der Waals surface area contributed by atoms with Gasteiger partial charge in [0.15, 0.2) is 0 Å². The van der Waals surface area contributed by atoms with Crippen LogP contribution in [0.25, 0.3) is 11.1 Å². The van der Waals surface area contributed by atoms with Crippen molar-refractivity contribution in [3.05, 3.63) is 59.7 Å². The Morgan fingerprint density at radius 1 is 1.12 bits per heavy atom. The molecule has 6 heteroatoms. The number of hydrogen-bond acceptors (Lipinski definition) is 3. The third-order valence-corrected chi connectivity index (χ3v) is 4.69. The summed E-state index contributed by atoms with van der Waals surface area (Å²) in [5, 5.41) is 20.2. The second kappa shape index (κ2) is 5.95. The first-order valence-corrected chi connectivity index (χ1v) is 7.86. The van der Waals surface area contributed by atoms with Crippen LogP contribution < -0.4 is 5.32 Å². The molecule has 1 heterocycles. The Morgan fingerprint density at radius 2 is 1.76 bits per heavy atom. The van der Waals surface area contributed by atoms with Crippen molar-refractivity contribution in [2.24, 2.45) is 0 Å². The van der Waals surface area contributed by atoms with Crippen molar-refractivity contribution in [1.29, 1.82) is 10.7 Å². The quantitative estimate of drug-likeness (QED) is 0.886. The molecule has 1 unspecified atom stereocenters. The number of nitrogens with zero attached hydrogens (tertiary/aromatic N) is 3. The van der Waals surface area contributed by atoms with E-state index in [0.29, 0.717) is 5.56 Å². The molecule has 3 rings (SSSR count). The van der Waals surface area contributed by atoms with Crippen LogP contribution in [0.15, 0.2) is 48.5 Å². The van der Waals surface area contributed by atoms with Crippen molar-refractivity contribution >= 4 is 12.0 Å². The van der Waals surface area contributed by atoms with E-state index >= 15 is 0 Å². The Balaban J connectivity index is 2.05. The summed E-state index contributed by atoms with van der Waals surface area (Å²) in [6, 6.07) is 17.1. The van der Waals surface area contributed by atoms with E-state index in [4.69, 9.17) is 10.7 Å². The summed E-state index contributed by atoms with van der Waals surface area (Å²) in [6.07, 6.45) is 0. The van der Waals surface area contributed by atoms with E-state index in [1.165, 1.54) is 4.90 Å². The normalized spacial score (nSPS) is 20.2. The minimum atomic E-state index is -0.830. The maximum atomic E-state index is 12.4. The van der Waals surface area contributed by atoms with Crippen LogP contribution in [-0.2, 0) is 5.66 Å². The van der Waals surface area contributed by atoms with Gasteiger partial charge in [0.1, 0.15) is 5.66 Å². The standard InChI is InChI=1S/C19H19N5O/c1-19(22-17(21)23(2)18(25)24(19)3)16-9-5-8-15(11-16)14-7-4-6-13(10-14)12-20/h4-11H,1-3H3,(H2,21,22). The lowest BCUT2D eigenvalue weighted by molar-refractivity contribution is 0.0986. The zero-order chi connectivity index (χ0) is 18.2. The Bertz CT molecular complexity index is 901. The van der Waals surface area contributed by atoms with Gasteiger partial charge in [0.25, 0.3) is 0 Å². The molecule has 0 saturated carbocycles. The van der Waals surface area contributed by atoms with Gasteiger partial charge in [0, 0.05) is 14.1 Å². The Hall–Kier alpha value is -3.33. The maximum Gasteiger partial charge on any atom is 0.328 e. The fourth-order valence-corrected chi connectivity index (χ4v) is 2.95. The summed E-state index contributed by atoms with van der Waals surface area (Å²) in [5.74, 6) is 0.0579. The summed E-state index contributed by atoms with van der Waals surface area (Å²) >= 11 is 0. The van der Waals surface area contributed by atoms with E-state index in [1.807, 2.05) is 49.4 Å². The van der Waals surface area contributed by atoms with Crippen LogP contribution in [0.5, 0.6) is 0 Å². The molecule has 0 bridgehead atoms. The molecule has 2 aromatic rings. The van der Waals surface area contributed by atoms with Crippen LogP contribution in [0, 0.1) is 16.7 Å². The highest BCUT2D eigenvalue weighted by Crippen LogP contribution is 2.31. The molecule has 2 aromatic carbocycles. The number of nitriles is 1. The predicted molar refractivity (Wildman–Crippen MR) is 95.7 cm³/mol. The molecule has 1 fully saturated rings. The zero-order valence-corrected chi connectivity index (χ0v) is 14.4. The topological polar surface area (TPSA) is 83.2 Å². The molecular formula is C19H19N5O. The van der Waals surface area contributed by atoms with Gasteiger partial charge in [0.05, 0.1) is 11.6 Å². The average Bonchev–Trinajstić information content (AvgIpc) is 2.65. The van der Waals surface area contributed by atoms with Crippen LogP contribution in [0.3, 0.4) is 0 Å². The SMILES string of the molecule is CN1C(=N)NC(C)(c2cccc(-c3cccc(C#N)c3)c2)N(C)C1=O. The number of benzene rings is 2. The number of carbonyl (C=O) groups excluding carboxylic acids is 1. The second-order valence-corrected chi connectivity index (χ2v) is 6.22. The van der Waals surface area contributed by atoms with E-state index in [-0.39, 0.29) is 12.0 Å². The van der Waals surface area contributed by atoms with E-state index in [0.717, 1.165) is 16.7 Å². The molecule has 0 aliphatic carbocycles. The lowest BCUT2D eigenvalue weighted by Gasteiger charge is -2.47. The number of urea groups is 1. The van der Waals surface area contributed by atoms with Crippen LogP contribution in [0.2, 0.25) is 0 Å². The Morgan fingerprint density at radius 3 is 2.44 bits per heavy atom. The Labute approximate surface area is 146 Å². The van der Waals surface area contributed by atoms with E-state index in [9.17, 15) is 4.79 Å². The molecular weight excluding hydrogens is 314 g/mol. The highest BCUT2D eigenvalue weighted by molar-refractivity contribution is 5.97. The number of rotatable bonds is 2. The minimum Gasteiger partial charge on any atom is -0.329 e. The van der Waals surface area contributed by atoms with E-state index in [2.05, 4.69) is 11.4 Å². The van der Waals surface area contributed by atoms with Gasteiger partial charge in [-0.25, -0.2) is 4.79 Å². The molecule has 1 aliphatic heterocycles. The van der Waals surface area contributed by atoms with Gasteiger partial charge in [-0.15, -0.1) is 0 Å². The van der Waals surface area contributed by atoms with Crippen molar-refractivity contribution in [3.63, 3.8) is 0 Å². The van der Waals surface area contributed by atoms with Crippen molar-refractivity contribution in [1.82, 2.24) is 15.1 Å². The van der Waals surface area contributed by atoms with Gasteiger partial charge >= 0.3 is 6.03 Å². The van der Waals surface area contributed by atoms with Gasteiger partial charge in [-0.2, -0.15) is 5.26 Å².